The van der Waals surface area contributed by atoms with Crippen LogP contribution >= 0.6 is 0 Å². The highest BCUT2D eigenvalue weighted by molar-refractivity contribution is 7.81. The van der Waals surface area contributed by atoms with Gasteiger partial charge in [0.05, 0.1) is 12.5 Å². The molecule has 12 N–H and O–H groups in total. The zero-order chi connectivity index (χ0) is 40.0. The average molecular weight is 774 g/mol. The van der Waals surface area contributed by atoms with Crippen molar-refractivity contribution < 1.29 is 75.6 Å². The van der Waals surface area contributed by atoms with Crippen LogP contribution in [0.1, 0.15) is 44.6 Å². The van der Waals surface area contributed by atoms with Crippen LogP contribution in [0.25, 0.3) is 0 Å². The number of aliphatic hydroxyl groups is 1. The number of carbonyl (C=O) groups is 9. The normalized spacial score (nSPS) is 16.7. The number of carboxylic acids is 2. The first-order chi connectivity index (χ1) is 24.6. The van der Waals surface area contributed by atoms with Gasteiger partial charge in [0.25, 0.3) is 0 Å². The van der Waals surface area contributed by atoms with E-state index in [1.807, 2.05) is 5.32 Å². The molecule has 1 fully saturated rings. The summed E-state index contributed by atoms with van der Waals surface area (Å²) in [5, 5.41) is 41.7. The molecule has 0 saturated carbocycles. The van der Waals surface area contributed by atoms with Gasteiger partial charge in [-0.2, -0.15) is 8.42 Å². The smallest absolute Gasteiger partial charge is 0.446 e. The minimum absolute atomic E-state index is 0.0271. The predicted molar refractivity (Wildman–Crippen MR) is 174 cm³/mol. The van der Waals surface area contributed by atoms with Crippen LogP contribution < -0.4 is 41.8 Å². The van der Waals surface area contributed by atoms with Crippen LogP contribution in [0.5, 0.6) is 5.75 Å². The zero-order valence-corrected chi connectivity index (χ0v) is 28.7. The molecule has 0 radical (unpaired) electrons. The Labute approximate surface area is 300 Å². The maximum absolute atomic E-state index is 13.5. The van der Waals surface area contributed by atoms with E-state index in [4.69, 9.17) is 15.4 Å². The average Bonchev–Trinajstić information content (AvgIpc) is 3.49. The van der Waals surface area contributed by atoms with Gasteiger partial charge in [-0.05, 0) is 37.5 Å². The Bertz CT molecular complexity index is 1690. The van der Waals surface area contributed by atoms with Crippen LogP contribution in [0.3, 0.4) is 0 Å². The zero-order valence-electron chi connectivity index (χ0n) is 27.9. The van der Waals surface area contributed by atoms with Crippen molar-refractivity contribution in [3.8, 4) is 5.75 Å². The lowest BCUT2D eigenvalue weighted by Crippen LogP contribution is -2.60. The van der Waals surface area contributed by atoms with Crippen LogP contribution in [0.15, 0.2) is 24.3 Å². The first-order valence-corrected chi connectivity index (χ1v) is 17.0. The number of hydrogen-bond donors (Lipinski definition) is 11. The minimum atomic E-state index is -4.90. The molecule has 292 valence electrons. The largest absolute Gasteiger partial charge is 0.481 e. The number of carbonyl (C=O) groups excluding carboxylic acids is 7. The van der Waals surface area contributed by atoms with E-state index in [0.717, 1.165) is 19.1 Å². The number of benzene rings is 1. The molecule has 0 bridgehead atoms. The van der Waals surface area contributed by atoms with Crippen molar-refractivity contribution in [2.24, 2.45) is 5.73 Å². The molecule has 2 rings (SSSR count). The molecule has 0 unspecified atom stereocenters. The van der Waals surface area contributed by atoms with Crippen molar-refractivity contribution in [3.63, 3.8) is 0 Å². The highest BCUT2D eigenvalue weighted by atomic mass is 32.3. The molecule has 53 heavy (non-hydrogen) atoms. The number of aliphatic carboxylic acids is 2. The van der Waals surface area contributed by atoms with Gasteiger partial charge in [0.1, 0.15) is 42.5 Å². The number of carboxylic acid groups (broad SMARTS) is 2. The molecule has 0 spiro atoms. The summed E-state index contributed by atoms with van der Waals surface area (Å²) in [6, 6.07) is -3.53. The van der Waals surface area contributed by atoms with Gasteiger partial charge in [-0.1, -0.05) is 12.1 Å². The molecule has 24 heteroatoms. The van der Waals surface area contributed by atoms with Gasteiger partial charge in [0, 0.05) is 19.3 Å². The Hall–Kier alpha value is -5.88. The summed E-state index contributed by atoms with van der Waals surface area (Å²) in [4.78, 5) is 111. The second kappa shape index (κ2) is 19.7. The van der Waals surface area contributed by atoms with Gasteiger partial charge in [0.15, 0.2) is 0 Å². The number of nitrogens with two attached hydrogens (primary N) is 1. The fourth-order valence-corrected chi connectivity index (χ4v) is 5.10. The van der Waals surface area contributed by atoms with Crippen molar-refractivity contribution >= 4 is 63.7 Å². The molecular weight excluding hydrogens is 734 g/mol. The van der Waals surface area contributed by atoms with E-state index in [1.54, 1.807) is 0 Å². The van der Waals surface area contributed by atoms with E-state index in [-0.39, 0.29) is 24.2 Å². The maximum Gasteiger partial charge on any atom is 0.446 e. The summed E-state index contributed by atoms with van der Waals surface area (Å²) in [5.74, 6) is -10.3. The molecule has 1 aromatic rings. The molecule has 0 aromatic heterocycles. The van der Waals surface area contributed by atoms with Crippen molar-refractivity contribution in [1.82, 2.24) is 31.9 Å². The van der Waals surface area contributed by atoms with Gasteiger partial charge in [-0.25, -0.2) is 0 Å². The fourth-order valence-electron chi connectivity index (χ4n) is 4.75. The van der Waals surface area contributed by atoms with Crippen molar-refractivity contribution in [3.05, 3.63) is 29.8 Å². The maximum atomic E-state index is 13.5. The van der Waals surface area contributed by atoms with E-state index in [2.05, 4.69) is 30.8 Å². The summed E-state index contributed by atoms with van der Waals surface area (Å²) in [5.41, 5.74) is 5.35. The summed E-state index contributed by atoms with van der Waals surface area (Å²) in [7, 11) is -4.90. The number of amides is 7. The number of rotatable bonds is 21. The monoisotopic (exact) mass is 773 g/mol. The quantitative estimate of drug-likeness (QED) is 0.0521. The van der Waals surface area contributed by atoms with Crippen molar-refractivity contribution in [2.45, 2.75) is 81.8 Å². The van der Waals surface area contributed by atoms with Crippen LogP contribution in [0, 0.1) is 0 Å². The highest BCUT2D eigenvalue weighted by Gasteiger charge is 2.35. The van der Waals surface area contributed by atoms with Gasteiger partial charge in [0.2, 0.25) is 41.4 Å². The lowest BCUT2D eigenvalue weighted by Gasteiger charge is -2.27. The van der Waals surface area contributed by atoms with Gasteiger partial charge in [-0.3, -0.25) is 47.7 Å². The third kappa shape index (κ3) is 15.5. The Kier molecular flexibility index (Phi) is 16.1. The fraction of sp³-hybridized carbons (Fsp3) is 0.483. The first-order valence-electron chi connectivity index (χ1n) is 15.6. The summed E-state index contributed by atoms with van der Waals surface area (Å²) in [6.07, 6.45) is -3.91. The third-order valence-corrected chi connectivity index (χ3v) is 7.71. The van der Waals surface area contributed by atoms with E-state index < -0.39 is 132 Å². The molecule has 0 aliphatic carbocycles. The lowest BCUT2D eigenvalue weighted by atomic mass is 10.0. The van der Waals surface area contributed by atoms with Gasteiger partial charge >= 0.3 is 22.3 Å². The second-order valence-corrected chi connectivity index (χ2v) is 12.7. The van der Waals surface area contributed by atoms with E-state index in [1.165, 1.54) is 12.1 Å². The second-order valence-electron chi connectivity index (χ2n) is 11.6. The Morgan fingerprint density at radius 2 is 1.47 bits per heavy atom. The van der Waals surface area contributed by atoms with Crippen LogP contribution in [-0.4, -0.2) is 124 Å². The molecule has 1 saturated heterocycles. The molecule has 1 aromatic carbocycles. The third-order valence-electron chi connectivity index (χ3n) is 7.31. The van der Waals surface area contributed by atoms with E-state index in [9.17, 15) is 61.8 Å². The molecule has 1 aliphatic rings. The number of aliphatic hydroxyl groups excluding tert-OH is 1. The Balaban J connectivity index is 2.39. The predicted octanol–water partition coefficient (Wildman–Crippen LogP) is -5.05. The number of nitrogens with one attached hydrogen (secondary N) is 6. The lowest BCUT2D eigenvalue weighted by molar-refractivity contribution is -0.141. The highest BCUT2D eigenvalue weighted by Crippen LogP contribution is 2.16. The molecule has 7 amide bonds. The van der Waals surface area contributed by atoms with Crippen molar-refractivity contribution in [2.75, 3.05) is 6.54 Å². The summed E-state index contributed by atoms with van der Waals surface area (Å²) >= 11 is 0. The number of primary amides is 1. The minimum Gasteiger partial charge on any atom is -0.481 e. The van der Waals surface area contributed by atoms with Crippen LogP contribution in [0.4, 0.5) is 0 Å². The molecule has 1 heterocycles. The molecule has 1 aliphatic heterocycles. The topological polar surface area (TPSA) is 376 Å². The van der Waals surface area contributed by atoms with Crippen molar-refractivity contribution in [1.29, 1.82) is 0 Å². The molecule has 6 atom stereocenters. The molecular formula is C29H39N7O16S. The summed E-state index contributed by atoms with van der Waals surface area (Å²) in [6.45, 7) is 0.197. The standard InChI is InChI=1S/C29H39N7O16S/c1-13(37)24(29(48)31-12-23(42)43)36-28(47)18(10-14-2-4-15(5-3-14)52-53(49,50)51)34-27(46)19(11-22(40)41)35-26(45)17(6-8-20(30)38)33-25(44)16-7-9-21(39)32-16/h2-5,13,16-19,24,37H,6-12H2,1H3,(H2,30,38)(H,31,48)(H,32,39)(H,33,44)(H,34,46)(H,35,45)(H,36,47)(H,40,41)(H,42,43)(H,49,50,51)/t13-,16+,17+,18+,19+,24+/m1/s1. The van der Waals surface area contributed by atoms with Gasteiger partial charge in [-0.15, -0.1) is 0 Å². The first kappa shape index (κ1) is 43.3. The summed E-state index contributed by atoms with van der Waals surface area (Å²) < 4.78 is 35.3. The molecule has 23 nitrogen and oxygen atoms in total. The van der Waals surface area contributed by atoms with Crippen LogP contribution in [-0.2, 0) is 60.0 Å². The van der Waals surface area contributed by atoms with E-state index >= 15 is 0 Å². The Morgan fingerprint density at radius 1 is 0.887 bits per heavy atom. The van der Waals surface area contributed by atoms with Gasteiger partial charge < -0.3 is 57.1 Å². The van der Waals surface area contributed by atoms with E-state index in [0.29, 0.717) is 0 Å². The Morgan fingerprint density at radius 3 is 1.98 bits per heavy atom. The number of hydrogen-bond acceptors (Lipinski definition) is 13. The van der Waals surface area contributed by atoms with Crippen LogP contribution in [0.2, 0.25) is 0 Å². The SMILES string of the molecule is C[C@@H](O)[C@H](NC(=O)[C@H](Cc1ccc(OS(=O)(=O)O)cc1)NC(=O)[C@H](CC(=O)O)NC(=O)[C@H](CCC(N)=O)NC(=O)[C@@H]1CCC(=O)N1)C(=O)NCC(=O)O.